The smallest absolute Gasteiger partial charge is 0.124 e. The number of nitrogens with zero attached hydrogens (tertiary/aromatic N) is 2. The molecule has 0 amide bonds. The summed E-state index contributed by atoms with van der Waals surface area (Å²) in [7, 11) is 0. The second-order valence-corrected chi connectivity index (χ2v) is 5.29. The van der Waals surface area contributed by atoms with E-state index in [-0.39, 0.29) is 11.9 Å². The number of aromatic nitrogens is 2. The van der Waals surface area contributed by atoms with Gasteiger partial charge in [0.1, 0.15) is 9.52 Å². The standard InChI is InChI=1S/C12H12FIN2O/c13-8-3-4-11-10(6-8)12(14)16(15-11)7-9-2-1-5-17-9/h3-4,6,9H,1-2,5,7H2. The average Bonchev–Trinajstić information content (AvgIpc) is 2.91. The number of hydrogen-bond acceptors (Lipinski definition) is 2. The Balaban J connectivity index is 1.96. The fourth-order valence-corrected chi connectivity index (χ4v) is 2.91. The molecule has 1 aliphatic heterocycles. The van der Waals surface area contributed by atoms with Crippen LogP contribution in [0.4, 0.5) is 4.39 Å². The number of halogens is 2. The van der Waals surface area contributed by atoms with Crippen molar-refractivity contribution in [3.8, 4) is 0 Å². The van der Waals surface area contributed by atoms with Crippen LogP contribution in [0.2, 0.25) is 0 Å². The molecule has 1 aromatic heterocycles. The predicted octanol–water partition coefficient (Wildman–Crippen LogP) is 2.96. The first-order chi connectivity index (χ1) is 8.24. The summed E-state index contributed by atoms with van der Waals surface area (Å²) in [6.07, 6.45) is 2.46. The maximum atomic E-state index is 13.2. The zero-order valence-corrected chi connectivity index (χ0v) is 11.4. The highest BCUT2D eigenvalue weighted by molar-refractivity contribution is 14.1. The van der Waals surface area contributed by atoms with Crippen molar-refractivity contribution in [3.63, 3.8) is 0 Å². The third-order valence-corrected chi connectivity index (χ3v) is 4.17. The molecule has 0 bridgehead atoms. The van der Waals surface area contributed by atoms with Crippen molar-refractivity contribution in [2.45, 2.75) is 25.5 Å². The minimum absolute atomic E-state index is 0.216. The van der Waals surface area contributed by atoms with E-state index in [2.05, 4.69) is 27.7 Å². The lowest BCUT2D eigenvalue weighted by atomic mass is 10.2. The predicted molar refractivity (Wildman–Crippen MR) is 71.4 cm³/mol. The molecule has 3 nitrogen and oxygen atoms in total. The first-order valence-electron chi connectivity index (χ1n) is 5.67. The maximum Gasteiger partial charge on any atom is 0.124 e. The Morgan fingerprint density at radius 1 is 1.53 bits per heavy atom. The quantitative estimate of drug-likeness (QED) is 0.782. The first kappa shape index (κ1) is 11.4. The molecule has 1 unspecified atom stereocenters. The summed E-state index contributed by atoms with van der Waals surface area (Å²) in [5.74, 6) is -0.216. The SMILES string of the molecule is Fc1ccc2nn(CC3CCCO3)c(I)c2c1. The van der Waals surface area contributed by atoms with Crippen LogP contribution in [0.15, 0.2) is 18.2 Å². The Morgan fingerprint density at radius 3 is 3.18 bits per heavy atom. The van der Waals surface area contributed by atoms with Gasteiger partial charge in [0.2, 0.25) is 0 Å². The number of ether oxygens (including phenoxy) is 1. The largest absolute Gasteiger partial charge is 0.376 e. The van der Waals surface area contributed by atoms with E-state index in [9.17, 15) is 4.39 Å². The van der Waals surface area contributed by atoms with Gasteiger partial charge in [-0.1, -0.05) is 0 Å². The van der Waals surface area contributed by atoms with Gasteiger partial charge in [-0.15, -0.1) is 0 Å². The van der Waals surface area contributed by atoms with Crippen molar-refractivity contribution in [2.75, 3.05) is 6.61 Å². The van der Waals surface area contributed by atoms with E-state index in [1.807, 2.05) is 4.68 Å². The molecule has 1 fully saturated rings. The molecule has 90 valence electrons. The first-order valence-corrected chi connectivity index (χ1v) is 6.75. The maximum absolute atomic E-state index is 13.2. The molecule has 0 N–H and O–H groups in total. The summed E-state index contributed by atoms with van der Waals surface area (Å²) in [6.45, 7) is 1.60. The van der Waals surface area contributed by atoms with E-state index < -0.39 is 0 Å². The minimum atomic E-state index is -0.216. The van der Waals surface area contributed by atoms with E-state index >= 15 is 0 Å². The Labute approximate surface area is 112 Å². The van der Waals surface area contributed by atoms with Gasteiger partial charge in [0, 0.05) is 12.0 Å². The molecule has 0 spiro atoms. The van der Waals surface area contributed by atoms with Crippen molar-refractivity contribution < 1.29 is 9.13 Å². The molecular weight excluding hydrogens is 334 g/mol. The summed E-state index contributed by atoms with van der Waals surface area (Å²) in [6, 6.07) is 4.71. The highest BCUT2D eigenvalue weighted by atomic mass is 127. The van der Waals surface area contributed by atoms with E-state index in [1.165, 1.54) is 12.1 Å². The van der Waals surface area contributed by atoms with Crippen LogP contribution in [0.25, 0.3) is 10.9 Å². The van der Waals surface area contributed by atoms with Crippen molar-refractivity contribution in [2.24, 2.45) is 0 Å². The normalized spacial score (nSPS) is 20.2. The van der Waals surface area contributed by atoms with Gasteiger partial charge in [-0.05, 0) is 53.6 Å². The lowest BCUT2D eigenvalue weighted by Crippen LogP contribution is -2.16. The van der Waals surface area contributed by atoms with Crippen molar-refractivity contribution in [3.05, 3.63) is 27.7 Å². The molecule has 1 aliphatic rings. The van der Waals surface area contributed by atoms with Crippen LogP contribution in [0.1, 0.15) is 12.8 Å². The lowest BCUT2D eigenvalue weighted by Gasteiger charge is -2.09. The molecule has 17 heavy (non-hydrogen) atoms. The number of hydrogen-bond donors (Lipinski definition) is 0. The van der Waals surface area contributed by atoms with Gasteiger partial charge < -0.3 is 4.74 Å². The molecule has 0 radical (unpaired) electrons. The van der Waals surface area contributed by atoms with E-state index in [0.29, 0.717) is 0 Å². The van der Waals surface area contributed by atoms with Crippen LogP contribution in [0.3, 0.4) is 0 Å². The van der Waals surface area contributed by atoms with Gasteiger partial charge in [-0.3, -0.25) is 4.68 Å². The van der Waals surface area contributed by atoms with Gasteiger partial charge in [0.25, 0.3) is 0 Å². The highest BCUT2D eigenvalue weighted by Gasteiger charge is 2.18. The Kier molecular flexibility index (Phi) is 3.04. The molecule has 0 saturated carbocycles. The summed E-state index contributed by atoms with van der Waals surface area (Å²) in [4.78, 5) is 0. The molecule has 0 aliphatic carbocycles. The third kappa shape index (κ3) is 2.18. The molecule has 1 atom stereocenters. The monoisotopic (exact) mass is 346 g/mol. The molecule has 1 saturated heterocycles. The zero-order valence-electron chi connectivity index (χ0n) is 9.20. The highest BCUT2D eigenvalue weighted by Crippen LogP contribution is 2.23. The molecule has 3 rings (SSSR count). The molecule has 2 aromatic rings. The van der Waals surface area contributed by atoms with Crippen LogP contribution in [-0.2, 0) is 11.3 Å². The van der Waals surface area contributed by atoms with Gasteiger partial charge in [0.15, 0.2) is 0 Å². The Morgan fingerprint density at radius 2 is 2.41 bits per heavy atom. The topological polar surface area (TPSA) is 27.1 Å². The van der Waals surface area contributed by atoms with E-state index in [0.717, 1.165) is 40.6 Å². The van der Waals surface area contributed by atoms with Crippen LogP contribution in [0.5, 0.6) is 0 Å². The van der Waals surface area contributed by atoms with E-state index in [4.69, 9.17) is 4.74 Å². The van der Waals surface area contributed by atoms with E-state index in [1.54, 1.807) is 6.07 Å². The van der Waals surface area contributed by atoms with Gasteiger partial charge in [-0.25, -0.2) is 4.39 Å². The fraction of sp³-hybridized carbons (Fsp3) is 0.417. The summed E-state index contributed by atoms with van der Waals surface area (Å²) >= 11 is 2.22. The minimum Gasteiger partial charge on any atom is -0.376 e. The van der Waals surface area contributed by atoms with Crippen LogP contribution < -0.4 is 0 Å². The number of benzene rings is 1. The lowest BCUT2D eigenvalue weighted by molar-refractivity contribution is 0.0935. The van der Waals surface area contributed by atoms with Gasteiger partial charge >= 0.3 is 0 Å². The van der Waals surface area contributed by atoms with Crippen molar-refractivity contribution in [1.29, 1.82) is 0 Å². The molecular formula is C12H12FIN2O. The van der Waals surface area contributed by atoms with Crippen LogP contribution in [-0.4, -0.2) is 22.5 Å². The Bertz CT molecular complexity index is 549. The fourth-order valence-electron chi connectivity index (χ4n) is 2.18. The average molecular weight is 346 g/mol. The van der Waals surface area contributed by atoms with Crippen LogP contribution >= 0.6 is 22.6 Å². The van der Waals surface area contributed by atoms with Crippen molar-refractivity contribution >= 4 is 33.5 Å². The molecule has 2 heterocycles. The molecule has 5 heteroatoms. The zero-order chi connectivity index (χ0) is 11.8. The molecule has 1 aromatic carbocycles. The van der Waals surface area contributed by atoms with Crippen LogP contribution in [0, 0.1) is 9.52 Å². The number of rotatable bonds is 2. The second kappa shape index (κ2) is 4.53. The summed E-state index contributed by atoms with van der Waals surface area (Å²) in [5, 5.41) is 5.36. The van der Waals surface area contributed by atoms with Gasteiger partial charge in [0.05, 0.1) is 18.2 Å². The number of fused-ring (bicyclic) bond motifs is 1. The third-order valence-electron chi connectivity index (χ3n) is 3.04. The Hall–Kier alpha value is -0.690. The second-order valence-electron chi connectivity index (χ2n) is 4.27. The van der Waals surface area contributed by atoms with Crippen molar-refractivity contribution in [1.82, 2.24) is 9.78 Å². The van der Waals surface area contributed by atoms with Gasteiger partial charge in [-0.2, -0.15) is 5.10 Å². The summed E-state index contributed by atoms with van der Waals surface area (Å²) in [5.41, 5.74) is 0.841. The summed E-state index contributed by atoms with van der Waals surface area (Å²) < 4.78 is 21.7.